The van der Waals surface area contributed by atoms with E-state index in [0.717, 1.165) is 5.69 Å². The maximum atomic E-state index is 12.8. The van der Waals surface area contributed by atoms with E-state index in [4.69, 9.17) is 9.47 Å². The van der Waals surface area contributed by atoms with Gasteiger partial charge in [-0.1, -0.05) is 0 Å². The molecule has 2 heterocycles. The molecule has 0 radical (unpaired) electrons. The number of hydrogen-bond donors (Lipinski definition) is 0. The molecule has 1 aliphatic heterocycles. The van der Waals surface area contributed by atoms with Crippen LogP contribution in [0.5, 0.6) is 11.5 Å². The summed E-state index contributed by atoms with van der Waals surface area (Å²) in [7, 11) is -1.83. The minimum atomic E-state index is -3.54. The van der Waals surface area contributed by atoms with Crippen LogP contribution in [-0.4, -0.2) is 43.1 Å². The van der Waals surface area contributed by atoms with Crippen LogP contribution in [0.25, 0.3) is 0 Å². The van der Waals surface area contributed by atoms with Gasteiger partial charge < -0.3 is 14.0 Å². The Bertz CT molecular complexity index is 975. The van der Waals surface area contributed by atoms with E-state index < -0.39 is 10.0 Å². The number of nitrogens with zero attached hydrogens (tertiary/aromatic N) is 2. The lowest BCUT2D eigenvalue weighted by atomic mass is 10.1. The molecule has 1 fully saturated rings. The summed E-state index contributed by atoms with van der Waals surface area (Å²) in [6.07, 6.45) is 1.04. The number of rotatable bonds is 6. The van der Waals surface area contributed by atoms with E-state index >= 15 is 0 Å². The Morgan fingerprint density at radius 3 is 2.29 bits per heavy atom. The van der Waals surface area contributed by atoms with Gasteiger partial charge in [0.05, 0.1) is 11.5 Å². The zero-order valence-electron chi connectivity index (χ0n) is 16.4. The smallest absolute Gasteiger partial charge is 0.254 e. The molecule has 8 heteroatoms. The first-order valence-electron chi connectivity index (χ1n) is 9.38. The zero-order chi connectivity index (χ0) is 20.3. The topological polar surface area (TPSA) is 77.8 Å². The second-order valence-corrected chi connectivity index (χ2v) is 8.79. The molecule has 7 nitrogen and oxygen atoms in total. The fraction of sp³-hybridized carbons (Fsp3) is 0.450. The Balaban J connectivity index is 1.63. The van der Waals surface area contributed by atoms with E-state index in [9.17, 15) is 13.2 Å². The number of aryl methyl sites for hydroxylation is 1. The molecule has 0 spiro atoms. The Labute approximate surface area is 165 Å². The molecule has 152 valence electrons. The van der Waals surface area contributed by atoms with Gasteiger partial charge in [-0.3, -0.25) is 4.79 Å². The Morgan fingerprint density at radius 2 is 1.71 bits per heavy atom. The van der Waals surface area contributed by atoms with E-state index in [1.807, 2.05) is 19.9 Å². The maximum Gasteiger partial charge on any atom is 0.254 e. The Hall–Kier alpha value is -2.32. The van der Waals surface area contributed by atoms with Crippen LogP contribution in [0.2, 0.25) is 0 Å². The second kappa shape index (κ2) is 8.36. The van der Waals surface area contributed by atoms with Crippen molar-refractivity contribution in [2.45, 2.75) is 37.7 Å². The van der Waals surface area contributed by atoms with Gasteiger partial charge in [0, 0.05) is 31.9 Å². The van der Waals surface area contributed by atoms with Crippen molar-refractivity contribution in [3.63, 3.8) is 0 Å². The highest BCUT2D eigenvalue weighted by Gasteiger charge is 2.30. The summed E-state index contributed by atoms with van der Waals surface area (Å²) in [5.74, 6) is 1.19. The van der Waals surface area contributed by atoms with Crippen LogP contribution in [0.1, 0.15) is 25.5 Å². The van der Waals surface area contributed by atoms with Crippen molar-refractivity contribution in [3.05, 3.63) is 52.4 Å². The third-order valence-electron chi connectivity index (χ3n) is 4.95. The van der Waals surface area contributed by atoms with Crippen molar-refractivity contribution < 1.29 is 17.9 Å². The first-order chi connectivity index (χ1) is 13.3. The van der Waals surface area contributed by atoms with Crippen LogP contribution >= 0.6 is 0 Å². The summed E-state index contributed by atoms with van der Waals surface area (Å²) >= 11 is 0. The van der Waals surface area contributed by atoms with E-state index in [1.54, 1.807) is 35.9 Å². The molecule has 0 saturated carbocycles. The lowest BCUT2D eigenvalue weighted by molar-refractivity contribution is 0.134. The van der Waals surface area contributed by atoms with Gasteiger partial charge in [0.1, 0.15) is 17.6 Å². The predicted octanol–water partition coefficient (Wildman–Crippen LogP) is 2.32. The highest BCUT2D eigenvalue weighted by Crippen LogP contribution is 2.25. The molecule has 0 N–H and O–H groups in total. The van der Waals surface area contributed by atoms with Gasteiger partial charge in [0.2, 0.25) is 10.0 Å². The van der Waals surface area contributed by atoms with E-state index in [2.05, 4.69) is 0 Å². The lowest BCUT2D eigenvalue weighted by Gasteiger charge is -2.31. The summed E-state index contributed by atoms with van der Waals surface area (Å²) < 4.78 is 40.0. The fourth-order valence-electron chi connectivity index (χ4n) is 3.21. The summed E-state index contributed by atoms with van der Waals surface area (Å²) in [5, 5.41) is 0. The van der Waals surface area contributed by atoms with Crippen molar-refractivity contribution in [1.29, 1.82) is 0 Å². The number of ether oxygens (including phenoxy) is 2. The lowest BCUT2D eigenvalue weighted by Crippen LogP contribution is -2.41. The van der Waals surface area contributed by atoms with Gasteiger partial charge in [-0.2, -0.15) is 4.31 Å². The Morgan fingerprint density at radius 1 is 1.07 bits per heavy atom. The average Bonchev–Trinajstić information content (AvgIpc) is 2.67. The molecule has 1 aliphatic rings. The van der Waals surface area contributed by atoms with Gasteiger partial charge in [-0.25, -0.2) is 8.42 Å². The van der Waals surface area contributed by atoms with Crippen LogP contribution in [0.4, 0.5) is 0 Å². The third kappa shape index (κ3) is 4.39. The molecule has 0 atom stereocenters. The molecule has 3 rings (SSSR count). The molecular weight excluding hydrogens is 380 g/mol. The molecule has 0 unspecified atom stereocenters. The SMILES string of the molecule is CCOc1ccc(S(=O)(=O)N2CCC(Oc3cc(C)n(C)c(=O)c3)CC2)cc1. The van der Waals surface area contributed by atoms with Crippen LogP contribution in [0.3, 0.4) is 0 Å². The van der Waals surface area contributed by atoms with Crippen LogP contribution < -0.4 is 15.0 Å². The molecule has 0 amide bonds. The molecule has 2 aromatic rings. The molecular formula is C20H26N2O5S. The first-order valence-corrected chi connectivity index (χ1v) is 10.8. The largest absolute Gasteiger partial charge is 0.494 e. The van der Waals surface area contributed by atoms with Gasteiger partial charge in [0.15, 0.2) is 0 Å². The van der Waals surface area contributed by atoms with Crippen molar-refractivity contribution in [2.75, 3.05) is 19.7 Å². The Kier molecular flexibility index (Phi) is 6.10. The quantitative estimate of drug-likeness (QED) is 0.736. The zero-order valence-corrected chi connectivity index (χ0v) is 17.2. The summed E-state index contributed by atoms with van der Waals surface area (Å²) in [5.41, 5.74) is 0.698. The summed E-state index contributed by atoms with van der Waals surface area (Å²) in [6, 6.07) is 9.78. The maximum absolute atomic E-state index is 12.8. The van der Waals surface area contributed by atoms with Crippen molar-refractivity contribution in [3.8, 4) is 11.5 Å². The number of piperidine rings is 1. The standard InChI is InChI=1S/C20H26N2O5S/c1-4-26-16-5-7-19(8-6-16)28(24,25)22-11-9-17(10-12-22)27-18-13-15(2)21(3)20(23)14-18/h5-8,13-14,17H,4,9-12H2,1-3H3. The number of sulfonamides is 1. The van der Waals surface area contributed by atoms with Crippen LogP contribution in [-0.2, 0) is 17.1 Å². The fourth-order valence-corrected chi connectivity index (χ4v) is 4.68. The van der Waals surface area contributed by atoms with E-state index in [-0.39, 0.29) is 16.6 Å². The van der Waals surface area contributed by atoms with Gasteiger partial charge in [0.25, 0.3) is 5.56 Å². The van der Waals surface area contributed by atoms with Crippen molar-refractivity contribution >= 4 is 10.0 Å². The van der Waals surface area contributed by atoms with Crippen LogP contribution in [0, 0.1) is 6.92 Å². The first kappa shape index (κ1) is 20.4. The van der Waals surface area contributed by atoms with Gasteiger partial charge in [-0.05, 0) is 57.0 Å². The normalized spacial score (nSPS) is 16.1. The molecule has 1 aromatic heterocycles. The van der Waals surface area contributed by atoms with Gasteiger partial charge in [-0.15, -0.1) is 0 Å². The predicted molar refractivity (Wildman–Crippen MR) is 106 cm³/mol. The highest BCUT2D eigenvalue weighted by molar-refractivity contribution is 7.89. The van der Waals surface area contributed by atoms with Gasteiger partial charge >= 0.3 is 0 Å². The monoisotopic (exact) mass is 406 g/mol. The third-order valence-corrected chi connectivity index (χ3v) is 6.87. The molecule has 1 saturated heterocycles. The van der Waals surface area contributed by atoms with E-state index in [0.29, 0.717) is 44.0 Å². The number of benzene rings is 1. The summed E-state index contributed by atoms with van der Waals surface area (Å²) in [4.78, 5) is 12.2. The van der Waals surface area contributed by atoms with E-state index in [1.165, 1.54) is 10.4 Å². The second-order valence-electron chi connectivity index (χ2n) is 6.86. The minimum Gasteiger partial charge on any atom is -0.494 e. The average molecular weight is 407 g/mol. The molecule has 28 heavy (non-hydrogen) atoms. The summed E-state index contributed by atoms with van der Waals surface area (Å²) in [6.45, 7) is 5.02. The van der Waals surface area contributed by atoms with Crippen molar-refractivity contribution in [1.82, 2.24) is 8.87 Å². The number of aromatic nitrogens is 1. The number of pyridine rings is 1. The molecule has 0 aliphatic carbocycles. The van der Waals surface area contributed by atoms with Crippen molar-refractivity contribution in [2.24, 2.45) is 7.05 Å². The highest BCUT2D eigenvalue weighted by atomic mass is 32.2. The van der Waals surface area contributed by atoms with Crippen LogP contribution in [0.15, 0.2) is 46.1 Å². The number of hydrogen-bond acceptors (Lipinski definition) is 5. The molecule has 1 aromatic carbocycles. The molecule has 0 bridgehead atoms. The minimum absolute atomic E-state index is 0.113.